The molecule has 0 radical (unpaired) electrons. The lowest BCUT2D eigenvalue weighted by atomic mass is 10.3. The quantitative estimate of drug-likeness (QED) is 0.767. The second-order valence-corrected chi connectivity index (χ2v) is 4.36. The molecule has 0 spiro atoms. The highest BCUT2D eigenvalue weighted by atomic mass is 16.5. The van der Waals surface area contributed by atoms with E-state index in [0.717, 1.165) is 12.0 Å². The third-order valence-corrected chi connectivity index (χ3v) is 2.85. The average molecular weight is 216 g/mol. The molecule has 1 aliphatic rings. The molecule has 2 atom stereocenters. The van der Waals surface area contributed by atoms with Crippen LogP contribution in [0.1, 0.15) is 30.7 Å². The Morgan fingerprint density at radius 1 is 1.25 bits per heavy atom. The summed E-state index contributed by atoms with van der Waals surface area (Å²) in [6, 6.07) is 0. The maximum atomic E-state index is 5.20. The van der Waals surface area contributed by atoms with Crippen molar-refractivity contribution < 1.29 is 4.52 Å². The minimum Gasteiger partial charge on any atom is -0.339 e. The van der Waals surface area contributed by atoms with Crippen LogP contribution in [-0.4, -0.2) is 20.1 Å². The summed E-state index contributed by atoms with van der Waals surface area (Å²) in [5, 5.41) is 3.90. The summed E-state index contributed by atoms with van der Waals surface area (Å²) in [6.45, 7) is 4.12. The zero-order valence-corrected chi connectivity index (χ0v) is 9.21. The van der Waals surface area contributed by atoms with Gasteiger partial charge in [0.1, 0.15) is 0 Å². The largest absolute Gasteiger partial charge is 0.339 e. The molecule has 0 aliphatic heterocycles. The normalized spacial score (nSPS) is 23.4. The van der Waals surface area contributed by atoms with Gasteiger partial charge in [0.15, 0.2) is 0 Å². The van der Waals surface area contributed by atoms with E-state index in [1.165, 1.54) is 0 Å². The van der Waals surface area contributed by atoms with Gasteiger partial charge < -0.3 is 4.52 Å². The number of nitrogens with zero attached hydrogens (tertiary/aromatic N) is 4. The monoisotopic (exact) mass is 216 g/mol. The van der Waals surface area contributed by atoms with Crippen molar-refractivity contribution in [2.24, 2.45) is 5.92 Å². The van der Waals surface area contributed by atoms with Crippen molar-refractivity contribution in [2.75, 3.05) is 0 Å². The molecule has 0 saturated heterocycles. The van der Waals surface area contributed by atoms with Crippen molar-refractivity contribution in [1.29, 1.82) is 0 Å². The van der Waals surface area contributed by atoms with E-state index in [0.29, 0.717) is 29.4 Å². The molecule has 0 aromatic carbocycles. The van der Waals surface area contributed by atoms with Gasteiger partial charge in [-0.05, 0) is 24.8 Å². The van der Waals surface area contributed by atoms with E-state index in [-0.39, 0.29) is 0 Å². The highest BCUT2D eigenvalue weighted by Crippen LogP contribution is 2.46. The summed E-state index contributed by atoms with van der Waals surface area (Å²) in [5.41, 5.74) is 1.02. The van der Waals surface area contributed by atoms with Gasteiger partial charge in [-0.3, -0.25) is 0 Å². The Hall–Kier alpha value is -1.78. The van der Waals surface area contributed by atoms with E-state index in [1.54, 1.807) is 12.4 Å². The van der Waals surface area contributed by atoms with E-state index < -0.39 is 0 Å². The summed E-state index contributed by atoms with van der Waals surface area (Å²) in [5.74, 6) is 2.81. The predicted octanol–water partition coefficient (Wildman–Crippen LogP) is 1.96. The summed E-state index contributed by atoms with van der Waals surface area (Å²) < 4.78 is 5.20. The minimum atomic E-state index is 0.437. The van der Waals surface area contributed by atoms with Gasteiger partial charge in [0, 0.05) is 18.3 Å². The van der Waals surface area contributed by atoms with Gasteiger partial charge in [-0.2, -0.15) is 4.98 Å². The van der Waals surface area contributed by atoms with Crippen molar-refractivity contribution in [1.82, 2.24) is 20.1 Å². The standard InChI is InChI=1S/C11H12N4O/c1-6-4-12-9(13-5-6)10-14-11(16-15-10)8-3-7(8)2/h4-5,7-8H,3H2,1-2H3/t7-,8+/m0/s1. The van der Waals surface area contributed by atoms with Gasteiger partial charge in [0.25, 0.3) is 0 Å². The highest BCUT2D eigenvalue weighted by molar-refractivity contribution is 5.41. The molecular weight excluding hydrogens is 204 g/mol. The predicted molar refractivity (Wildman–Crippen MR) is 56.6 cm³/mol. The van der Waals surface area contributed by atoms with E-state index in [1.807, 2.05) is 6.92 Å². The molecule has 5 nitrogen and oxygen atoms in total. The molecule has 2 heterocycles. The lowest BCUT2D eigenvalue weighted by molar-refractivity contribution is 0.376. The summed E-state index contributed by atoms with van der Waals surface area (Å²) in [4.78, 5) is 12.6. The van der Waals surface area contributed by atoms with Gasteiger partial charge in [-0.25, -0.2) is 9.97 Å². The molecule has 0 N–H and O–H groups in total. The van der Waals surface area contributed by atoms with Crippen LogP contribution < -0.4 is 0 Å². The van der Waals surface area contributed by atoms with Crippen LogP contribution in [0.3, 0.4) is 0 Å². The summed E-state index contributed by atoms with van der Waals surface area (Å²) in [7, 11) is 0. The van der Waals surface area contributed by atoms with Crippen molar-refractivity contribution in [2.45, 2.75) is 26.2 Å². The van der Waals surface area contributed by atoms with E-state index >= 15 is 0 Å². The average Bonchev–Trinajstić information content (AvgIpc) is 2.82. The summed E-state index contributed by atoms with van der Waals surface area (Å²) in [6.07, 6.45) is 4.63. The molecule has 2 aromatic rings. The number of aromatic nitrogens is 4. The number of hydrogen-bond donors (Lipinski definition) is 0. The Kier molecular flexibility index (Phi) is 1.99. The first-order valence-corrected chi connectivity index (χ1v) is 5.36. The molecule has 3 rings (SSSR count). The lowest BCUT2D eigenvalue weighted by Crippen LogP contribution is -1.91. The van der Waals surface area contributed by atoms with Crippen molar-refractivity contribution in [3.63, 3.8) is 0 Å². The molecule has 0 unspecified atom stereocenters. The molecule has 5 heteroatoms. The Labute approximate surface area is 92.9 Å². The van der Waals surface area contributed by atoms with Crippen LogP contribution in [0.15, 0.2) is 16.9 Å². The summed E-state index contributed by atoms with van der Waals surface area (Å²) >= 11 is 0. The number of hydrogen-bond acceptors (Lipinski definition) is 5. The fraction of sp³-hybridized carbons (Fsp3) is 0.455. The Morgan fingerprint density at radius 2 is 1.94 bits per heavy atom. The lowest BCUT2D eigenvalue weighted by Gasteiger charge is -1.92. The van der Waals surface area contributed by atoms with Crippen molar-refractivity contribution >= 4 is 0 Å². The fourth-order valence-electron chi connectivity index (χ4n) is 1.65. The first-order chi connectivity index (χ1) is 7.74. The fourth-order valence-corrected chi connectivity index (χ4v) is 1.65. The minimum absolute atomic E-state index is 0.437. The first kappa shape index (κ1) is 9.45. The number of rotatable bonds is 2. The maximum Gasteiger partial charge on any atom is 0.240 e. The van der Waals surface area contributed by atoms with Crippen LogP contribution >= 0.6 is 0 Å². The smallest absolute Gasteiger partial charge is 0.240 e. The van der Waals surface area contributed by atoms with E-state index in [4.69, 9.17) is 4.52 Å². The molecule has 16 heavy (non-hydrogen) atoms. The molecule has 2 aromatic heterocycles. The third kappa shape index (κ3) is 1.58. The van der Waals surface area contributed by atoms with Crippen LogP contribution in [0.2, 0.25) is 0 Å². The Morgan fingerprint density at radius 3 is 2.56 bits per heavy atom. The molecule has 1 fully saturated rings. The van der Waals surface area contributed by atoms with Gasteiger partial charge in [0.05, 0.1) is 0 Å². The van der Waals surface area contributed by atoms with Gasteiger partial charge in [-0.1, -0.05) is 12.1 Å². The van der Waals surface area contributed by atoms with Crippen LogP contribution in [0.5, 0.6) is 0 Å². The van der Waals surface area contributed by atoms with Crippen LogP contribution in [0.4, 0.5) is 0 Å². The zero-order chi connectivity index (χ0) is 11.1. The van der Waals surface area contributed by atoms with Gasteiger partial charge in [0.2, 0.25) is 17.5 Å². The molecule has 1 saturated carbocycles. The van der Waals surface area contributed by atoms with Crippen molar-refractivity contribution in [3.8, 4) is 11.6 Å². The molecule has 82 valence electrons. The van der Waals surface area contributed by atoms with Gasteiger partial charge in [-0.15, -0.1) is 0 Å². The van der Waals surface area contributed by atoms with Crippen LogP contribution in [-0.2, 0) is 0 Å². The Bertz CT molecular complexity index is 505. The molecular formula is C11H12N4O. The SMILES string of the molecule is Cc1cnc(-c2noc([C@@H]3C[C@@H]3C)n2)nc1. The van der Waals surface area contributed by atoms with E-state index in [9.17, 15) is 0 Å². The second-order valence-electron chi connectivity index (χ2n) is 4.36. The molecule has 0 amide bonds. The zero-order valence-electron chi connectivity index (χ0n) is 9.21. The first-order valence-electron chi connectivity index (χ1n) is 5.36. The second kappa shape index (κ2) is 3.37. The topological polar surface area (TPSA) is 64.7 Å². The molecule has 0 bridgehead atoms. The molecule has 1 aliphatic carbocycles. The number of aryl methyl sites for hydroxylation is 1. The third-order valence-electron chi connectivity index (χ3n) is 2.85. The van der Waals surface area contributed by atoms with E-state index in [2.05, 4.69) is 27.0 Å². The van der Waals surface area contributed by atoms with Gasteiger partial charge >= 0.3 is 0 Å². The van der Waals surface area contributed by atoms with Crippen LogP contribution in [0, 0.1) is 12.8 Å². The van der Waals surface area contributed by atoms with Crippen LogP contribution in [0.25, 0.3) is 11.6 Å². The highest BCUT2D eigenvalue weighted by Gasteiger charge is 2.39. The van der Waals surface area contributed by atoms with Crippen molar-refractivity contribution in [3.05, 3.63) is 23.8 Å². The maximum absolute atomic E-state index is 5.20. The Balaban J connectivity index is 1.89.